The molecule has 0 unspecified atom stereocenters. The topological polar surface area (TPSA) is 89.4 Å². The summed E-state index contributed by atoms with van der Waals surface area (Å²) in [6.07, 6.45) is 5.14. The van der Waals surface area contributed by atoms with Crippen LogP contribution in [0.25, 0.3) is 0 Å². The van der Waals surface area contributed by atoms with Gasteiger partial charge in [0.25, 0.3) is 0 Å². The van der Waals surface area contributed by atoms with Crippen molar-refractivity contribution in [3.63, 3.8) is 0 Å². The van der Waals surface area contributed by atoms with Crippen molar-refractivity contribution >= 4 is 11.8 Å². The van der Waals surface area contributed by atoms with Crippen LogP contribution in [0.15, 0.2) is 18.6 Å². The Hall–Kier alpha value is -2.71. The number of hydrogen-bond acceptors (Lipinski definition) is 9. The summed E-state index contributed by atoms with van der Waals surface area (Å²) >= 11 is 0. The first kappa shape index (κ1) is 14.2. The SMILES string of the molecule is COc1nc(OC)nc(N2CCN(c3cnccn3)CC2)n1. The van der Waals surface area contributed by atoms with E-state index in [0.717, 1.165) is 32.0 Å². The maximum Gasteiger partial charge on any atom is 0.324 e. The summed E-state index contributed by atoms with van der Waals surface area (Å²) in [6.45, 7) is 3.17. The molecule has 2 aromatic heterocycles. The van der Waals surface area contributed by atoms with Crippen LogP contribution >= 0.6 is 0 Å². The zero-order valence-electron chi connectivity index (χ0n) is 12.5. The second kappa shape index (κ2) is 6.37. The molecule has 0 spiro atoms. The first-order valence-electron chi connectivity index (χ1n) is 6.90. The van der Waals surface area contributed by atoms with E-state index in [1.54, 1.807) is 18.6 Å². The first-order chi connectivity index (χ1) is 10.8. The Labute approximate surface area is 128 Å². The van der Waals surface area contributed by atoms with Crippen LogP contribution in [0.3, 0.4) is 0 Å². The Morgan fingerprint density at radius 3 is 2.05 bits per heavy atom. The van der Waals surface area contributed by atoms with Crippen LogP contribution in [0.2, 0.25) is 0 Å². The van der Waals surface area contributed by atoms with Crippen molar-refractivity contribution in [1.29, 1.82) is 0 Å². The molecule has 9 heteroatoms. The van der Waals surface area contributed by atoms with Crippen LogP contribution in [0, 0.1) is 0 Å². The average molecular weight is 303 g/mol. The van der Waals surface area contributed by atoms with Gasteiger partial charge in [0.05, 0.1) is 20.4 Å². The van der Waals surface area contributed by atoms with E-state index in [-0.39, 0.29) is 12.0 Å². The summed E-state index contributed by atoms with van der Waals surface area (Å²) < 4.78 is 10.2. The number of hydrogen-bond donors (Lipinski definition) is 0. The van der Waals surface area contributed by atoms with Crippen molar-refractivity contribution in [3.8, 4) is 12.0 Å². The molecule has 0 bridgehead atoms. The molecule has 0 N–H and O–H groups in total. The van der Waals surface area contributed by atoms with Gasteiger partial charge in [0, 0.05) is 38.6 Å². The predicted octanol–water partition coefficient (Wildman–Crippen LogP) is 0.00540. The number of ether oxygens (including phenoxy) is 2. The number of piperazine rings is 1. The van der Waals surface area contributed by atoms with Gasteiger partial charge in [0.1, 0.15) is 5.82 Å². The van der Waals surface area contributed by atoms with Crippen LogP contribution in [-0.2, 0) is 0 Å². The number of rotatable bonds is 4. The molecule has 0 amide bonds. The fourth-order valence-electron chi connectivity index (χ4n) is 2.24. The highest BCUT2D eigenvalue weighted by atomic mass is 16.5. The lowest BCUT2D eigenvalue weighted by atomic mass is 10.3. The lowest BCUT2D eigenvalue weighted by Crippen LogP contribution is -2.47. The maximum atomic E-state index is 5.08. The van der Waals surface area contributed by atoms with E-state index in [1.807, 2.05) is 0 Å². The summed E-state index contributed by atoms with van der Waals surface area (Å²) in [5.41, 5.74) is 0. The van der Waals surface area contributed by atoms with Crippen molar-refractivity contribution in [2.24, 2.45) is 0 Å². The van der Waals surface area contributed by atoms with Gasteiger partial charge in [-0.2, -0.15) is 9.97 Å². The largest absolute Gasteiger partial charge is 0.467 e. The Bertz CT molecular complexity index is 595. The Morgan fingerprint density at radius 1 is 0.864 bits per heavy atom. The average Bonchev–Trinajstić information content (AvgIpc) is 2.62. The second-order valence-corrected chi connectivity index (χ2v) is 4.65. The van der Waals surface area contributed by atoms with Gasteiger partial charge >= 0.3 is 12.0 Å². The molecule has 1 fully saturated rings. The van der Waals surface area contributed by atoms with Crippen molar-refractivity contribution in [2.45, 2.75) is 0 Å². The molecular formula is C13H17N7O2. The third-order valence-electron chi connectivity index (χ3n) is 3.38. The minimum absolute atomic E-state index is 0.248. The lowest BCUT2D eigenvalue weighted by Gasteiger charge is -2.35. The predicted molar refractivity (Wildman–Crippen MR) is 79.4 cm³/mol. The fourth-order valence-corrected chi connectivity index (χ4v) is 2.24. The maximum absolute atomic E-state index is 5.08. The minimum atomic E-state index is 0.248. The van der Waals surface area contributed by atoms with Crippen molar-refractivity contribution in [3.05, 3.63) is 18.6 Å². The molecule has 0 radical (unpaired) electrons. The molecule has 1 aliphatic heterocycles. The molecular weight excluding hydrogens is 286 g/mol. The van der Waals surface area contributed by atoms with Gasteiger partial charge in [0.2, 0.25) is 5.95 Å². The van der Waals surface area contributed by atoms with Gasteiger partial charge < -0.3 is 19.3 Å². The quantitative estimate of drug-likeness (QED) is 0.774. The normalized spacial score (nSPS) is 14.8. The van der Waals surface area contributed by atoms with E-state index in [2.05, 4.69) is 34.7 Å². The van der Waals surface area contributed by atoms with Crippen LogP contribution in [0.4, 0.5) is 11.8 Å². The molecule has 3 heterocycles. The van der Waals surface area contributed by atoms with Gasteiger partial charge in [-0.3, -0.25) is 4.98 Å². The highest BCUT2D eigenvalue weighted by molar-refractivity contribution is 5.40. The molecule has 0 saturated carbocycles. The lowest BCUT2D eigenvalue weighted by molar-refractivity contribution is 0.339. The Balaban J connectivity index is 1.71. The van der Waals surface area contributed by atoms with Gasteiger partial charge in [-0.15, -0.1) is 4.98 Å². The summed E-state index contributed by atoms with van der Waals surface area (Å²) in [6, 6.07) is 0.497. The third kappa shape index (κ3) is 2.97. The van der Waals surface area contributed by atoms with E-state index in [1.165, 1.54) is 14.2 Å². The zero-order chi connectivity index (χ0) is 15.4. The van der Waals surface area contributed by atoms with Gasteiger partial charge in [0.15, 0.2) is 0 Å². The van der Waals surface area contributed by atoms with Crippen molar-refractivity contribution < 1.29 is 9.47 Å². The van der Waals surface area contributed by atoms with Gasteiger partial charge in [-0.1, -0.05) is 0 Å². The van der Waals surface area contributed by atoms with Gasteiger partial charge in [-0.25, -0.2) is 4.98 Å². The first-order valence-corrected chi connectivity index (χ1v) is 6.90. The highest BCUT2D eigenvalue weighted by Crippen LogP contribution is 2.19. The second-order valence-electron chi connectivity index (χ2n) is 4.65. The summed E-state index contributed by atoms with van der Waals surface area (Å²) in [5.74, 6) is 1.44. The molecule has 2 aromatic rings. The molecule has 3 rings (SSSR count). The van der Waals surface area contributed by atoms with E-state index in [4.69, 9.17) is 9.47 Å². The van der Waals surface area contributed by atoms with E-state index in [0.29, 0.717) is 5.95 Å². The summed E-state index contributed by atoms with van der Waals surface area (Å²) in [4.78, 5) is 25.2. The van der Waals surface area contributed by atoms with E-state index in [9.17, 15) is 0 Å². The Kier molecular flexibility index (Phi) is 4.12. The van der Waals surface area contributed by atoms with E-state index < -0.39 is 0 Å². The van der Waals surface area contributed by atoms with Crippen molar-refractivity contribution in [2.75, 3.05) is 50.2 Å². The molecule has 22 heavy (non-hydrogen) atoms. The van der Waals surface area contributed by atoms with Crippen LogP contribution in [0.1, 0.15) is 0 Å². The molecule has 1 aliphatic rings. The van der Waals surface area contributed by atoms with Crippen LogP contribution in [0.5, 0.6) is 12.0 Å². The number of nitrogens with zero attached hydrogens (tertiary/aromatic N) is 7. The van der Waals surface area contributed by atoms with Crippen LogP contribution < -0.4 is 19.3 Å². The van der Waals surface area contributed by atoms with Crippen LogP contribution in [-0.4, -0.2) is 65.3 Å². The molecule has 0 aliphatic carbocycles. The third-order valence-corrected chi connectivity index (χ3v) is 3.38. The molecule has 9 nitrogen and oxygen atoms in total. The van der Waals surface area contributed by atoms with Crippen molar-refractivity contribution in [1.82, 2.24) is 24.9 Å². The highest BCUT2D eigenvalue weighted by Gasteiger charge is 2.21. The minimum Gasteiger partial charge on any atom is -0.467 e. The number of aromatic nitrogens is 5. The Morgan fingerprint density at radius 2 is 1.50 bits per heavy atom. The number of anilines is 2. The fraction of sp³-hybridized carbons (Fsp3) is 0.462. The molecule has 116 valence electrons. The molecule has 0 atom stereocenters. The van der Waals surface area contributed by atoms with E-state index >= 15 is 0 Å². The molecule has 0 aromatic carbocycles. The molecule has 1 saturated heterocycles. The zero-order valence-corrected chi connectivity index (χ0v) is 12.5. The summed E-state index contributed by atoms with van der Waals surface area (Å²) in [5, 5.41) is 0. The smallest absolute Gasteiger partial charge is 0.324 e. The summed E-state index contributed by atoms with van der Waals surface area (Å²) in [7, 11) is 3.04. The standard InChI is InChI=1S/C13H17N7O2/c1-21-12-16-11(17-13(18-12)22-2)20-7-5-19(6-8-20)10-9-14-3-4-15-10/h3-4,9H,5-8H2,1-2H3. The monoisotopic (exact) mass is 303 g/mol. The number of methoxy groups -OCH3 is 2. The van der Waals surface area contributed by atoms with Gasteiger partial charge in [-0.05, 0) is 0 Å².